The number of H-pyrrole nitrogens is 1. The Kier molecular flexibility index (Phi) is 7.14. The van der Waals surface area contributed by atoms with Crippen LogP contribution in [0, 0.1) is 19.8 Å². The Morgan fingerprint density at radius 3 is 2.43 bits per heavy atom. The highest BCUT2D eigenvalue weighted by Gasteiger charge is 2.25. The number of benzene rings is 1. The molecule has 0 saturated carbocycles. The van der Waals surface area contributed by atoms with Gasteiger partial charge >= 0.3 is 0 Å². The van der Waals surface area contributed by atoms with Crippen molar-refractivity contribution in [1.82, 2.24) is 15.2 Å². The van der Waals surface area contributed by atoms with E-state index in [1.807, 2.05) is 13.8 Å². The van der Waals surface area contributed by atoms with Gasteiger partial charge in [0.05, 0.1) is 11.3 Å². The molecule has 5 heteroatoms. The minimum atomic E-state index is -0.0846. The zero-order chi connectivity index (χ0) is 21.8. The summed E-state index contributed by atoms with van der Waals surface area (Å²) in [7, 11) is 0. The van der Waals surface area contributed by atoms with Crippen LogP contribution in [-0.2, 0) is 13.0 Å². The van der Waals surface area contributed by atoms with Crippen molar-refractivity contribution in [2.75, 3.05) is 13.1 Å². The van der Waals surface area contributed by atoms with Gasteiger partial charge in [-0.15, -0.1) is 0 Å². The molecule has 0 spiro atoms. The fraction of sp³-hybridized carbons (Fsp3) is 0.520. The van der Waals surface area contributed by atoms with Gasteiger partial charge in [0.15, 0.2) is 5.78 Å². The molecule has 2 N–H and O–H groups in total. The van der Waals surface area contributed by atoms with E-state index in [-0.39, 0.29) is 17.7 Å². The molecule has 1 saturated heterocycles. The van der Waals surface area contributed by atoms with Crippen LogP contribution < -0.4 is 5.32 Å². The normalized spacial score (nSPS) is 17.3. The summed E-state index contributed by atoms with van der Waals surface area (Å²) >= 11 is 0. The average Bonchev–Trinajstić information content (AvgIpc) is 2.98. The zero-order valence-corrected chi connectivity index (χ0v) is 19.0. The molecule has 0 aliphatic carbocycles. The molecule has 1 amide bonds. The number of piperidine rings is 1. The first-order valence-corrected chi connectivity index (χ1v) is 11.1. The molecule has 2 heterocycles. The number of nitrogens with zero attached hydrogens (tertiary/aromatic N) is 1. The predicted molar refractivity (Wildman–Crippen MR) is 121 cm³/mol. The minimum absolute atomic E-state index is 0.0436. The Bertz CT molecular complexity index is 896. The molecule has 1 fully saturated rings. The van der Waals surface area contributed by atoms with Crippen LogP contribution in [-0.4, -0.2) is 40.7 Å². The molecule has 1 atom stereocenters. The molecule has 5 nitrogen and oxygen atoms in total. The lowest BCUT2D eigenvalue weighted by Crippen LogP contribution is -2.47. The average molecular weight is 410 g/mol. The quantitative estimate of drug-likeness (QED) is 0.665. The van der Waals surface area contributed by atoms with E-state index >= 15 is 0 Å². The number of ketones is 1. The highest BCUT2D eigenvalue weighted by atomic mass is 16.2. The molecule has 30 heavy (non-hydrogen) atoms. The van der Waals surface area contributed by atoms with Crippen LogP contribution in [0.4, 0.5) is 0 Å². The lowest BCUT2D eigenvalue weighted by molar-refractivity contribution is 0.0899. The number of aryl methyl sites for hydroxylation is 1. The third-order valence-electron chi connectivity index (χ3n) is 5.93. The second-order valence-electron chi connectivity index (χ2n) is 9.14. The first-order chi connectivity index (χ1) is 14.2. The van der Waals surface area contributed by atoms with Gasteiger partial charge in [-0.1, -0.05) is 38.1 Å². The topological polar surface area (TPSA) is 65.2 Å². The molecule has 1 aromatic heterocycles. The van der Waals surface area contributed by atoms with Crippen molar-refractivity contribution in [2.45, 2.75) is 66.5 Å². The summed E-state index contributed by atoms with van der Waals surface area (Å²) in [6.07, 6.45) is 3.17. The van der Waals surface area contributed by atoms with Crippen LogP contribution in [0.1, 0.15) is 76.8 Å². The van der Waals surface area contributed by atoms with Gasteiger partial charge in [-0.25, -0.2) is 0 Å². The number of hydrogen-bond donors (Lipinski definition) is 2. The van der Waals surface area contributed by atoms with Crippen molar-refractivity contribution in [2.24, 2.45) is 5.92 Å². The van der Waals surface area contributed by atoms with Crippen molar-refractivity contribution in [3.8, 4) is 0 Å². The highest BCUT2D eigenvalue weighted by Crippen LogP contribution is 2.20. The second-order valence-corrected chi connectivity index (χ2v) is 9.14. The number of nitrogens with one attached hydrogen (secondary N) is 2. The van der Waals surface area contributed by atoms with Crippen LogP contribution in [0.3, 0.4) is 0 Å². The number of rotatable bonds is 7. The van der Waals surface area contributed by atoms with Crippen molar-refractivity contribution < 1.29 is 9.59 Å². The van der Waals surface area contributed by atoms with Crippen LogP contribution >= 0.6 is 0 Å². The maximum atomic E-state index is 12.9. The number of likely N-dealkylation sites (tertiary alicyclic amines) is 1. The van der Waals surface area contributed by atoms with Gasteiger partial charge in [-0.05, 0) is 62.3 Å². The van der Waals surface area contributed by atoms with E-state index in [0.717, 1.165) is 50.2 Å². The largest absolute Gasteiger partial charge is 0.355 e. The van der Waals surface area contributed by atoms with Crippen molar-refractivity contribution >= 4 is 11.7 Å². The number of carbonyl (C=O) groups excluding carboxylic acids is 2. The molecule has 0 bridgehead atoms. The Morgan fingerprint density at radius 1 is 1.17 bits per heavy atom. The third-order valence-corrected chi connectivity index (χ3v) is 5.93. The Morgan fingerprint density at radius 2 is 1.83 bits per heavy atom. The van der Waals surface area contributed by atoms with E-state index in [0.29, 0.717) is 17.2 Å². The Hall–Kier alpha value is -2.40. The fourth-order valence-corrected chi connectivity index (χ4v) is 4.53. The van der Waals surface area contributed by atoms with E-state index < -0.39 is 0 Å². The van der Waals surface area contributed by atoms with E-state index in [1.54, 1.807) is 0 Å². The molecular weight excluding hydrogens is 374 g/mol. The Balaban J connectivity index is 1.60. The Labute approximate surface area is 180 Å². The first-order valence-electron chi connectivity index (χ1n) is 11.1. The van der Waals surface area contributed by atoms with Crippen molar-refractivity contribution in [3.05, 3.63) is 57.9 Å². The highest BCUT2D eigenvalue weighted by molar-refractivity contribution is 6.02. The summed E-state index contributed by atoms with van der Waals surface area (Å²) in [5, 5.41) is 3.20. The number of amides is 1. The molecular formula is C25H35N3O2. The van der Waals surface area contributed by atoms with E-state index in [4.69, 9.17) is 0 Å². The SMILES string of the molecule is CC(=O)c1[nH]c(C)c(C(=O)NC2CCCN(Cc3ccc(CC(C)C)cc3)C2)c1C. The zero-order valence-electron chi connectivity index (χ0n) is 19.0. The summed E-state index contributed by atoms with van der Waals surface area (Å²) in [4.78, 5) is 30.2. The molecule has 1 aliphatic heterocycles. The van der Waals surface area contributed by atoms with Gasteiger partial charge in [0.25, 0.3) is 5.91 Å². The second kappa shape index (κ2) is 9.61. The lowest BCUT2D eigenvalue weighted by atomic mass is 10.0. The van der Waals surface area contributed by atoms with Crippen LogP contribution in [0.2, 0.25) is 0 Å². The maximum Gasteiger partial charge on any atom is 0.253 e. The van der Waals surface area contributed by atoms with Crippen LogP contribution in [0.15, 0.2) is 24.3 Å². The maximum absolute atomic E-state index is 12.9. The summed E-state index contributed by atoms with van der Waals surface area (Å²) in [5.74, 6) is 0.540. The molecule has 1 aromatic carbocycles. The van der Waals surface area contributed by atoms with Gasteiger partial charge in [-0.2, -0.15) is 0 Å². The van der Waals surface area contributed by atoms with E-state index in [2.05, 4.69) is 53.3 Å². The summed E-state index contributed by atoms with van der Waals surface area (Å²) in [6, 6.07) is 9.07. The van der Waals surface area contributed by atoms with Gasteiger partial charge in [0.1, 0.15) is 0 Å². The van der Waals surface area contributed by atoms with Crippen LogP contribution in [0.25, 0.3) is 0 Å². The van der Waals surface area contributed by atoms with Crippen molar-refractivity contribution in [1.29, 1.82) is 0 Å². The molecule has 1 aliphatic rings. The fourth-order valence-electron chi connectivity index (χ4n) is 4.53. The van der Waals surface area contributed by atoms with E-state index in [9.17, 15) is 9.59 Å². The van der Waals surface area contributed by atoms with E-state index in [1.165, 1.54) is 18.1 Å². The van der Waals surface area contributed by atoms with Crippen LogP contribution in [0.5, 0.6) is 0 Å². The van der Waals surface area contributed by atoms with Gasteiger partial charge in [0.2, 0.25) is 0 Å². The predicted octanol–water partition coefficient (Wildman–Crippen LogP) is 4.43. The van der Waals surface area contributed by atoms with Crippen molar-refractivity contribution in [3.63, 3.8) is 0 Å². The number of Topliss-reactive ketones (excluding diaryl/α,β-unsaturated/α-hetero) is 1. The van der Waals surface area contributed by atoms with Gasteiger partial charge < -0.3 is 10.3 Å². The first kappa shape index (κ1) is 22.3. The monoisotopic (exact) mass is 409 g/mol. The molecule has 3 rings (SSSR count). The molecule has 0 radical (unpaired) electrons. The summed E-state index contributed by atoms with van der Waals surface area (Å²) in [5.41, 5.74) is 5.34. The van der Waals surface area contributed by atoms with Gasteiger partial charge in [0, 0.05) is 31.7 Å². The molecule has 1 unspecified atom stereocenters. The lowest BCUT2D eigenvalue weighted by Gasteiger charge is -2.33. The third kappa shape index (κ3) is 5.39. The number of aromatic amines is 1. The number of carbonyl (C=O) groups is 2. The summed E-state index contributed by atoms with van der Waals surface area (Å²) < 4.78 is 0. The van der Waals surface area contributed by atoms with Gasteiger partial charge in [-0.3, -0.25) is 14.5 Å². The minimum Gasteiger partial charge on any atom is -0.355 e. The number of aromatic nitrogens is 1. The summed E-state index contributed by atoms with van der Waals surface area (Å²) in [6.45, 7) is 12.5. The molecule has 2 aromatic rings. The molecule has 162 valence electrons. The number of hydrogen-bond acceptors (Lipinski definition) is 3. The smallest absolute Gasteiger partial charge is 0.253 e. The standard InChI is InChI=1S/C25H35N3O2/c1-16(2)13-20-8-10-21(11-9-20)14-28-12-6-7-22(15-28)27-25(30)23-17(3)24(19(5)29)26-18(23)4/h8-11,16,22,26H,6-7,12-15H2,1-5H3,(H,27,30).